The quantitative estimate of drug-likeness (QED) is 0.370. The van der Waals surface area contributed by atoms with Crippen molar-refractivity contribution in [2.24, 2.45) is 0 Å². The number of allylic oxidation sites excluding steroid dienone is 2. The molecule has 11 heavy (non-hydrogen) atoms. The molecular weight excluding hydrogens is 140 g/mol. The summed E-state index contributed by atoms with van der Waals surface area (Å²) in [5, 5.41) is 9.11. The summed E-state index contributed by atoms with van der Waals surface area (Å²) in [5.41, 5.74) is 0. The van der Waals surface area contributed by atoms with Crippen LogP contribution in [-0.2, 0) is 4.79 Å². The fraction of sp³-hybridized carbons (Fsp3) is 0.444. The van der Waals surface area contributed by atoms with Crippen molar-refractivity contribution in [3.63, 3.8) is 0 Å². The summed E-state index contributed by atoms with van der Waals surface area (Å²) < 4.78 is 0. The number of aldehydes is 1. The van der Waals surface area contributed by atoms with E-state index in [2.05, 4.69) is 0 Å². The van der Waals surface area contributed by atoms with Gasteiger partial charge in [-0.05, 0) is 18.9 Å². The Hall–Kier alpha value is -0.890. The molecular formula is C9H14O2. The lowest BCUT2D eigenvalue weighted by atomic mass is 10.2. The number of carbonyl (C=O) groups excluding carboxylic acids is 1. The van der Waals surface area contributed by atoms with Crippen molar-refractivity contribution in [3.05, 3.63) is 24.3 Å². The molecule has 0 bridgehead atoms. The van der Waals surface area contributed by atoms with Gasteiger partial charge in [-0.2, -0.15) is 0 Å². The molecule has 0 saturated carbocycles. The summed E-state index contributed by atoms with van der Waals surface area (Å²) >= 11 is 0. The standard InChI is InChI=1S/C9H14O2/c1-2-3-4-6-9(11)7-5-8-10/h3-5,7-9,11H,2,6H2,1H3. The molecule has 1 atom stereocenters. The predicted octanol–water partition coefficient (Wildman–Crippen LogP) is 1.46. The van der Waals surface area contributed by atoms with Crippen LogP contribution in [0.3, 0.4) is 0 Å². The number of rotatable bonds is 5. The lowest BCUT2D eigenvalue weighted by Crippen LogP contribution is -1.98. The Labute approximate surface area is 67.2 Å². The molecule has 0 radical (unpaired) electrons. The molecule has 0 aliphatic carbocycles. The number of aliphatic hydroxyl groups excluding tert-OH is 1. The molecule has 0 aliphatic heterocycles. The highest BCUT2D eigenvalue weighted by molar-refractivity contribution is 5.64. The van der Waals surface area contributed by atoms with Crippen LogP contribution in [0.5, 0.6) is 0 Å². The van der Waals surface area contributed by atoms with E-state index in [9.17, 15) is 4.79 Å². The maximum Gasteiger partial charge on any atom is 0.142 e. The van der Waals surface area contributed by atoms with Crippen LogP contribution in [0.25, 0.3) is 0 Å². The molecule has 0 amide bonds. The molecule has 0 saturated heterocycles. The fourth-order valence-electron chi connectivity index (χ4n) is 0.655. The van der Waals surface area contributed by atoms with Crippen molar-refractivity contribution in [2.75, 3.05) is 0 Å². The molecule has 1 N–H and O–H groups in total. The van der Waals surface area contributed by atoms with E-state index in [4.69, 9.17) is 5.11 Å². The van der Waals surface area contributed by atoms with E-state index in [1.54, 1.807) is 0 Å². The first-order valence-electron chi connectivity index (χ1n) is 3.76. The molecule has 0 fully saturated rings. The molecule has 2 nitrogen and oxygen atoms in total. The second-order valence-corrected chi connectivity index (χ2v) is 2.20. The van der Waals surface area contributed by atoms with Gasteiger partial charge in [0, 0.05) is 0 Å². The summed E-state index contributed by atoms with van der Waals surface area (Å²) in [6.45, 7) is 2.03. The molecule has 2 heteroatoms. The lowest BCUT2D eigenvalue weighted by Gasteiger charge is -1.97. The first-order valence-corrected chi connectivity index (χ1v) is 3.76. The minimum absolute atomic E-state index is 0.525. The largest absolute Gasteiger partial charge is 0.389 e. The Morgan fingerprint density at radius 3 is 2.73 bits per heavy atom. The van der Waals surface area contributed by atoms with E-state index in [1.165, 1.54) is 12.2 Å². The second-order valence-electron chi connectivity index (χ2n) is 2.20. The van der Waals surface area contributed by atoms with Gasteiger partial charge in [-0.3, -0.25) is 4.79 Å². The van der Waals surface area contributed by atoms with Gasteiger partial charge in [0.15, 0.2) is 0 Å². The number of aliphatic hydroxyl groups is 1. The normalized spacial score (nSPS) is 14.4. The molecule has 0 spiro atoms. The molecule has 1 unspecified atom stereocenters. The maximum absolute atomic E-state index is 9.82. The van der Waals surface area contributed by atoms with E-state index in [1.807, 2.05) is 19.1 Å². The number of hydrogen-bond donors (Lipinski definition) is 1. The van der Waals surface area contributed by atoms with E-state index in [-0.39, 0.29) is 0 Å². The number of hydrogen-bond acceptors (Lipinski definition) is 2. The van der Waals surface area contributed by atoms with Gasteiger partial charge in [0.1, 0.15) is 6.29 Å². The molecule has 0 heterocycles. The van der Waals surface area contributed by atoms with Gasteiger partial charge in [-0.1, -0.05) is 25.2 Å². The van der Waals surface area contributed by atoms with Crippen molar-refractivity contribution in [3.8, 4) is 0 Å². The average molecular weight is 154 g/mol. The van der Waals surface area contributed by atoms with Gasteiger partial charge in [0.25, 0.3) is 0 Å². The zero-order chi connectivity index (χ0) is 8.53. The smallest absolute Gasteiger partial charge is 0.142 e. The molecule has 0 aromatic carbocycles. The average Bonchev–Trinajstić information content (AvgIpc) is 2.01. The van der Waals surface area contributed by atoms with Crippen molar-refractivity contribution >= 4 is 6.29 Å². The Kier molecular flexibility index (Phi) is 6.64. The van der Waals surface area contributed by atoms with Crippen LogP contribution < -0.4 is 0 Å². The van der Waals surface area contributed by atoms with Crippen molar-refractivity contribution < 1.29 is 9.90 Å². The molecule has 0 aromatic rings. The summed E-state index contributed by atoms with van der Waals surface area (Å²) in [4.78, 5) is 9.82. The van der Waals surface area contributed by atoms with E-state index < -0.39 is 6.10 Å². The number of carbonyl (C=O) groups is 1. The highest BCUT2D eigenvalue weighted by Crippen LogP contribution is 1.95. The first kappa shape index (κ1) is 10.1. The van der Waals surface area contributed by atoms with Crippen LogP contribution in [0.1, 0.15) is 19.8 Å². The van der Waals surface area contributed by atoms with Crippen LogP contribution in [0, 0.1) is 0 Å². The third-order valence-corrected chi connectivity index (χ3v) is 1.19. The first-order chi connectivity index (χ1) is 5.31. The second kappa shape index (κ2) is 7.22. The van der Waals surface area contributed by atoms with Crippen molar-refractivity contribution in [1.82, 2.24) is 0 Å². The van der Waals surface area contributed by atoms with Crippen molar-refractivity contribution in [1.29, 1.82) is 0 Å². The third-order valence-electron chi connectivity index (χ3n) is 1.19. The van der Waals surface area contributed by atoms with Crippen molar-refractivity contribution in [2.45, 2.75) is 25.9 Å². The highest BCUT2D eigenvalue weighted by atomic mass is 16.3. The molecule has 62 valence electrons. The maximum atomic E-state index is 9.82. The van der Waals surface area contributed by atoms with E-state index in [0.717, 1.165) is 6.42 Å². The van der Waals surface area contributed by atoms with Crippen LogP contribution in [0.2, 0.25) is 0 Å². The van der Waals surface area contributed by atoms with Gasteiger partial charge < -0.3 is 5.11 Å². The van der Waals surface area contributed by atoms with E-state index in [0.29, 0.717) is 12.7 Å². The molecule has 0 aromatic heterocycles. The van der Waals surface area contributed by atoms with Gasteiger partial charge in [-0.25, -0.2) is 0 Å². The Balaban J connectivity index is 3.51. The van der Waals surface area contributed by atoms with Gasteiger partial charge in [-0.15, -0.1) is 0 Å². The van der Waals surface area contributed by atoms with Gasteiger partial charge in [0.2, 0.25) is 0 Å². The predicted molar refractivity (Wildman–Crippen MR) is 45.3 cm³/mol. The highest BCUT2D eigenvalue weighted by Gasteiger charge is 1.92. The van der Waals surface area contributed by atoms with Crippen LogP contribution in [0.4, 0.5) is 0 Å². The van der Waals surface area contributed by atoms with Gasteiger partial charge >= 0.3 is 0 Å². The zero-order valence-corrected chi connectivity index (χ0v) is 6.73. The zero-order valence-electron chi connectivity index (χ0n) is 6.73. The third kappa shape index (κ3) is 7.00. The molecule has 0 rings (SSSR count). The minimum atomic E-state index is -0.525. The van der Waals surface area contributed by atoms with E-state index >= 15 is 0 Å². The van der Waals surface area contributed by atoms with Crippen LogP contribution >= 0.6 is 0 Å². The van der Waals surface area contributed by atoms with Crippen LogP contribution in [0.15, 0.2) is 24.3 Å². The summed E-state index contributed by atoms with van der Waals surface area (Å²) in [5.74, 6) is 0. The van der Waals surface area contributed by atoms with Crippen LogP contribution in [-0.4, -0.2) is 17.5 Å². The summed E-state index contributed by atoms with van der Waals surface area (Å²) in [6, 6.07) is 0. The minimum Gasteiger partial charge on any atom is -0.389 e. The monoisotopic (exact) mass is 154 g/mol. The Morgan fingerprint density at radius 1 is 1.45 bits per heavy atom. The lowest BCUT2D eigenvalue weighted by molar-refractivity contribution is -0.104. The fourth-order valence-corrected chi connectivity index (χ4v) is 0.655. The Morgan fingerprint density at radius 2 is 2.18 bits per heavy atom. The van der Waals surface area contributed by atoms with Gasteiger partial charge in [0.05, 0.1) is 6.10 Å². The SMILES string of the molecule is CCC=CCC(O)C=CC=O. The molecule has 0 aliphatic rings. The summed E-state index contributed by atoms with van der Waals surface area (Å²) in [7, 11) is 0. The Bertz CT molecular complexity index is 148. The summed E-state index contributed by atoms with van der Waals surface area (Å²) in [6.07, 6.45) is 8.37. The topological polar surface area (TPSA) is 37.3 Å².